The van der Waals surface area contributed by atoms with Crippen LogP contribution >= 0.6 is 15.9 Å². The van der Waals surface area contributed by atoms with Gasteiger partial charge in [0.15, 0.2) is 0 Å². The molecule has 2 unspecified atom stereocenters. The molecule has 0 amide bonds. The largest absolute Gasteiger partial charge is 0.381 e. The van der Waals surface area contributed by atoms with Gasteiger partial charge in [-0.05, 0) is 47.8 Å². The van der Waals surface area contributed by atoms with Gasteiger partial charge in [0.25, 0.3) is 0 Å². The van der Waals surface area contributed by atoms with Gasteiger partial charge in [-0.1, -0.05) is 0 Å². The van der Waals surface area contributed by atoms with E-state index in [1.165, 1.54) is 0 Å². The Bertz CT molecular complexity index is 649. The number of hydrogen-bond acceptors (Lipinski definition) is 3. The molecule has 0 spiro atoms. The molecule has 0 aliphatic carbocycles. The van der Waals surface area contributed by atoms with Gasteiger partial charge in [-0.25, -0.2) is 4.79 Å². The van der Waals surface area contributed by atoms with Crippen LogP contribution in [0.1, 0.15) is 19.8 Å². The molecule has 5 nitrogen and oxygen atoms in total. The van der Waals surface area contributed by atoms with E-state index in [9.17, 15) is 4.79 Å². The molecule has 2 heterocycles. The van der Waals surface area contributed by atoms with E-state index in [2.05, 4.69) is 38.1 Å². The number of halogens is 1. The van der Waals surface area contributed by atoms with Crippen molar-refractivity contribution in [2.24, 2.45) is 0 Å². The van der Waals surface area contributed by atoms with Crippen LogP contribution in [0.5, 0.6) is 0 Å². The maximum atomic E-state index is 11.3. The van der Waals surface area contributed by atoms with Crippen molar-refractivity contribution in [3.8, 4) is 0 Å². The second-order valence-corrected chi connectivity index (χ2v) is 5.86. The lowest BCUT2D eigenvalue weighted by atomic mass is 10.0. The van der Waals surface area contributed by atoms with Gasteiger partial charge in [0.1, 0.15) is 0 Å². The highest BCUT2D eigenvalue weighted by Crippen LogP contribution is 2.28. The molecule has 1 aromatic heterocycles. The summed E-state index contributed by atoms with van der Waals surface area (Å²) in [6, 6.07) is 4.28. The van der Waals surface area contributed by atoms with Crippen molar-refractivity contribution >= 4 is 32.7 Å². The van der Waals surface area contributed by atoms with Crippen molar-refractivity contribution in [1.82, 2.24) is 9.97 Å². The lowest BCUT2D eigenvalue weighted by molar-refractivity contribution is 0.0232. The van der Waals surface area contributed by atoms with Gasteiger partial charge in [0.05, 0.1) is 22.8 Å². The van der Waals surface area contributed by atoms with Crippen molar-refractivity contribution in [3.05, 3.63) is 27.1 Å². The predicted octanol–water partition coefficient (Wildman–Crippen LogP) is 2.60. The predicted molar refractivity (Wildman–Crippen MR) is 78.7 cm³/mol. The van der Waals surface area contributed by atoms with E-state index in [0.717, 1.165) is 40.6 Å². The van der Waals surface area contributed by atoms with E-state index < -0.39 is 0 Å². The second-order valence-electron chi connectivity index (χ2n) is 5.00. The van der Waals surface area contributed by atoms with Gasteiger partial charge < -0.3 is 20.0 Å². The molecule has 3 N–H and O–H groups in total. The third kappa shape index (κ3) is 2.69. The molecule has 0 radical (unpaired) electrons. The first kappa shape index (κ1) is 12.7. The van der Waals surface area contributed by atoms with Crippen molar-refractivity contribution in [1.29, 1.82) is 0 Å². The fourth-order valence-corrected chi connectivity index (χ4v) is 2.97. The quantitative estimate of drug-likeness (QED) is 0.794. The Kier molecular flexibility index (Phi) is 3.36. The minimum absolute atomic E-state index is 0.182. The number of ether oxygens (including phenoxy) is 1. The Labute approximate surface area is 118 Å². The van der Waals surface area contributed by atoms with E-state index >= 15 is 0 Å². The topological polar surface area (TPSA) is 69.9 Å². The number of nitrogens with one attached hydrogen (secondary N) is 3. The zero-order valence-electron chi connectivity index (χ0n) is 10.6. The Morgan fingerprint density at radius 2 is 2.11 bits per heavy atom. The summed E-state index contributed by atoms with van der Waals surface area (Å²) >= 11 is 3.54. The molecule has 6 heteroatoms. The van der Waals surface area contributed by atoms with Crippen molar-refractivity contribution in [3.63, 3.8) is 0 Å². The summed E-state index contributed by atoms with van der Waals surface area (Å²) in [6.45, 7) is 2.88. The van der Waals surface area contributed by atoms with Crippen LogP contribution in [-0.4, -0.2) is 28.7 Å². The summed E-state index contributed by atoms with van der Waals surface area (Å²) in [4.78, 5) is 16.8. The summed E-state index contributed by atoms with van der Waals surface area (Å²) in [6.07, 6.45) is 2.29. The van der Waals surface area contributed by atoms with Crippen molar-refractivity contribution in [2.75, 3.05) is 11.9 Å². The summed E-state index contributed by atoms with van der Waals surface area (Å²) in [5.74, 6) is 0. The average molecular weight is 326 g/mol. The molecule has 2 atom stereocenters. The number of aromatic amines is 2. The molecule has 102 valence electrons. The molecule has 1 aliphatic rings. The van der Waals surface area contributed by atoms with Crippen molar-refractivity contribution in [2.45, 2.75) is 31.9 Å². The van der Waals surface area contributed by atoms with Crippen LogP contribution in [0.4, 0.5) is 5.69 Å². The number of H-pyrrole nitrogens is 2. The van der Waals surface area contributed by atoms with Crippen LogP contribution in [0.15, 0.2) is 21.4 Å². The molecule has 1 aliphatic heterocycles. The zero-order valence-corrected chi connectivity index (χ0v) is 12.2. The first-order chi connectivity index (χ1) is 9.11. The fourth-order valence-electron chi connectivity index (χ4n) is 2.52. The van der Waals surface area contributed by atoms with Gasteiger partial charge in [0.2, 0.25) is 0 Å². The molecule has 1 aromatic carbocycles. The molecule has 0 bridgehead atoms. The van der Waals surface area contributed by atoms with Crippen LogP contribution < -0.4 is 11.0 Å². The highest BCUT2D eigenvalue weighted by Gasteiger charge is 2.20. The lowest BCUT2D eigenvalue weighted by Crippen LogP contribution is -2.32. The molecule has 19 heavy (non-hydrogen) atoms. The average Bonchev–Trinajstić information content (AvgIpc) is 2.69. The molecule has 1 fully saturated rings. The molecular weight excluding hydrogens is 310 g/mol. The number of rotatable bonds is 2. The fraction of sp³-hybridized carbons (Fsp3) is 0.462. The molecule has 1 saturated heterocycles. The number of imidazole rings is 1. The number of aromatic nitrogens is 2. The summed E-state index contributed by atoms with van der Waals surface area (Å²) in [7, 11) is 0. The van der Waals surface area contributed by atoms with Crippen LogP contribution in [0.3, 0.4) is 0 Å². The first-order valence-corrected chi connectivity index (χ1v) is 7.21. The Hall–Kier alpha value is -1.27. The SMILES string of the molecule is CC1CC(Nc2cc3[nH]c(=O)[nH]c3cc2Br)CCO1. The molecule has 3 rings (SSSR count). The standard InChI is InChI=1S/C13H16BrN3O2/c1-7-4-8(2-3-19-7)15-10-6-12-11(5-9(10)14)16-13(18)17-12/h5-8,15H,2-4H2,1H3,(H2,16,17,18). The summed E-state index contributed by atoms with van der Waals surface area (Å²) in [5, 5.41) is 3.52. The maximum absolute atomic E-state index is 11.3. The van der Waals surface area contributed by atoms with E-state index in [4.69, 9.17) is 4.74 Å². The smallest absolute Gasteiger partial charge is 0.323 e. The van der Waals surface area contributed by atoms with Gasteiger partial charge in [-0.2, -0.15) is 0 Å². The second kappa shape index (κ2) is 5.02. The van der Waals surface area contributed by atoms with E-state index in [1.54, 1.807) is 0 Å². The minimum Gasteiger partial charge on any atom is -0.381 e. The summed E-state index contributed by atoms with van der Waals surface area (Å²) in [5.41, 5.74) is 2.44. The van der Waals surface area contributed by atoms with Gasteiger partial charge in [-0.3, -0.25) is 0 Å². The van der Waals surface area contributed by atoms with Gasteiger partial charge in [-0.15, -0.1) is 0 Å². The van der Waals surface area contributed by atoms with Crippen molar-refractivity contribution < 1.29 is 4.74 Å². The molecule has 0 saturated carbocycles. The van der Waals surface area contributed by atoms with Crippen LogP contribution in [0.2, 0.25) is 0 Å². The molecular formula is C13H16BrN3O2. The number of hydrogen-bond donors (Lipinski definition) is 3. The highest BCUT2D eigenvalue weighted by atomic mass is 79.9. The first-order valence-electron chi connectivity index (χ1n) is 6.41. The van der Waals surface area contributed by atoms with E-state index in [0.29, 0.717) is 12.1 Å². The van der Waals surface area contributed by atoms with Crippen LogP contribution in [-0.2, 0) is 4.74 Å². The zero-order chi connectivity index (χ0) is 13.4. The van der Waals surface area contributed by atoms with E-state index in [1.807, 2.05) is 12.1 Å². The van der Waals surface area contributed by atoms with Crippen LogP contribution in [0.25, 0.3) is 11.0 Å². The third-order valence-electron chi connectivity index (χ3n) is 3.45. The number of benzene rings is 1. The van der Waals surface area contributed by atoms with Gasteiger partial charge >= 0.3 is 5.69 Å². The Morgan fingerprint density at radius 3 is 2.84 bits per heavy atom. The Balaban J connectivity index is 1.87. The third-order valence-corrected chi connectivity index (χ3v) is 4.10. The number of fused-ring (bicyclic) bond motifs is 1. The molecule has 2 aromatic rings. The minimum atomic E-state index is -0.182. The highest BCUT2D eigenvalue weighted by molar-refractivity contribution is 9.10. The maximum Gasteiger partial charge on any atom is 0.323 e. The monoisotopic (exact) mass is 325 g/mol. The Morgan fingerprint density at radius 1 is 1.37 bits per heavy atom. The number of anilines is 1. The van der Waals surface area contributed by atoms with Crippen LogP contribution in [0, 0.1) is 0 Å². The normalized spacial score (nSPS) is 23.7. The van der Waals surface area contributed by atoms with Gasteiger partial charge in [0, 0.05) is 17.1 Å². The summed E-state index contributed by atoms with van der Waals surface area (Å²) < 4.78 is 6.50. The van der Waals surface area contributed by atoms with E-state index in [-0.39, 0.29) is 5.69 Å². The lowest BCUT2D eigenvalue weighted by Gasteiger charge is -2.29.